The fraction of sp³-hybridized carbons (Fsp3) is 0.474. The molecule has 28 heavy (non-hydrogen) atoms. The molecular formula is C19H26N4O4S. The smallest absolute Gasteiger partial charge is 0.254 e. The van der Waals surface area contributed by atoms with Crippen molar-refractivity contribution in [2.45, 2.75) is 18.7 Å². The van der Waals surface area contributed by atoms with E-state index in [0.29, 0.717) is 37.1 Å². The van der Waals surface area contributed by atoms with Crippen LogP contribution in [0.25, 0.3) is 10.9 Å². The molecule has 1 fully saturated rings. The second-order valence-electron chi connectivity index (χ2n) is 6.94. The van der Waals surface area contributed by atoms with Crippen LogP contribution in [0.5, 0.6) is 0 Å². The Kier molecular flexibility index (Phi) is 5.87. The zero-order valence-corrected chi connectivity index (χ0v) is 17.3. The van der Waals surface area contributed by atoms with Crippen LogP contribution < -0.4 is 5.56 Å². The van der Waals surface area contributed by atoms with E-state index in [9.17, 15) is 18.0 Å². The summed E-state index contributed by atoms with van der Waals surface area (Å²) in [5.74, 6) is -0.249. The van der Waals surface area contributed by atoms with Crippen LogP contribution in [0.3, 0.4) is 0 Å². The first-order valence-electron chi connectivity index (χ1n) is 9.43. The second-order valence-corrected chi connectivity index (χ2v) is 8.88. The Balaban J connectivity index is 2.10. The summed E-state index contributed by atoms with van der Waals surface area (Å²) in [6, 6.07) is 5.77. The van der Waals surface area contributed by atoms with Crippen molar-refractivity contribution in [3.8, 4) is 0 Å². The van der Waals surface area contributed by atoms with Crippen LogP contribution in [-0.4, -0.2) is 79.7 Å². The first-order valence-corrected chi connectivity index (χ1v) is 10.9. The van der Waals surface area contributed by atoms with Crippen LogP contribution >= 0.6 is 0 Å². The van der Waals surface area contributed by atoms with Gasteiger partial charge >= 0.3 is 0 Å². The van der Waals surface area contributed by atoms with Crippen molar-refractivity contribution >= 4 is 26.8 Å². The van der Waals surface area contributed by atoms with Gasteiger partial charge in [0.2, 0.25) is 15.6 Å². The average molecular weight is 407 g/mol. The first kappa shape index (κ1) is 20.5. The number of carbonyl (C=O) groups is 1. The third-order valence-corrected chi connectivity index (χ3v) is 7.22. The Labute approximate surface area is 164 Å². The predicted octanol–water partition coefficient (Wildman–Crippen LogP) is 0.946. The van der Waals surface area contributed by atoms with Crippen LogP contribution in [0.15, 0.2) is 34.0 Å². The zero-order valence-electron chi connectivity index (χ0n) is 16.4. The van der Waals surface area contributed by atoms with E-state index in [1.807, 2.05) is 7.05 Å². The highest BCUT2D eigenvalue weighted by Crippen LogP contribution is 2.24. The van der Waals surface area contributed by atoms with Gasteiger partial charge in [-0.05, 0) is 25.2 Å². The van der Waals surface area contributed by atoms with E-state index in [-0.39, 0.29) is 21.9 Å². The number of amides is 1. The first-order chi connectivity index (χ1) is 13.3. The second kappa shape index (κ2) is 8.02. The van der Waals surface area contributed by atoms with Crippen molar-refractivity contribution in [2.75, 3.05) is 46.3 Å². The Hall–Kier alpha value is -2.23. The highest BCUT2D eigenvalue weighted by atomic mass is 32.2. The van der Waals surface area contributed by atoms with Gasteiger partial charge in [-0.3, -0.25) is 9.59 Å². The summed E-state index contributed by atoms with van der Waals surface area (Å²) < 4.78 is 27.1. The van der Waals surface area contributed by atoms with Gasteiger partial charge in [-0.2, -0.15) is 4.31 Å². The maximum Gasteiger partial charge on any atom is 0.254 e. The minimum atomic E-state index is -3.67. The van der Waals surface area contributed by atoms with Crippen LogP contribution in [0, 0.1) is 0 Å². The number of benzene rings is 1. The third-order valence-electron chi connectivity index (χ3n) is 5.18. The van der Waals surface area contributed by atoms with Gasteiger partial charge in [-0.15, -0.1) is 0 Å². The number of carbonyl (C=O) groups excluding carboxylic acids is 1. The minimum absolute atomic E-state index is 0.114. The van der Waals surface area contributed by atoms with Crippen molar-refractivity contribution < 1.29 is 13.2 Å². The van der Waals surface area contributed by atoms with Crippen molar-refractivity contribution in [2.24, 2.45) is 0 Å². The molecule has 1 aromatic heterocycles. The number of aromatic amines is 1. The topological polar surface area (TPSA) is 93.8 Å². The molecular weight excluding hydrogens is 380 g/mol. The minimum Gasteiger partial charge on any atom is -0.336 e. The molecule has 0 atom stereocenters. The van der Waals surface area contributed by atoms with Gasteiger partial charge in [0.1, 0.15) is 0 Å². The van der Waals surface area contributed by atoms with Gasteiger partial charge in [0.05, 0.1) is 10.5 Å². The molecule has 0 bridgehead atoms. The number of fused-ring (bicyclic) bond motifs is 1. The lowest BCUT2D eigenvalue weighted by molar-refractivity contribution is 0.0666. The van der Waals surface area contributed by atoms with Crippen LogP contribution in [0.2, 0.25) is 0 Å². The lowest BCUT2D eigenvalue weighted by Gasteiger charge is -2.32. The molecule has 1 aromatic carbocycles. The molecule has 0 spiro atoms. The summed E-state index contributed by atoms with van der Waals surface area (Å²) >= 11 is 0. The van der Waals surface area contributed by atoms with Gasteiger partial charge in [0, 0.05) is 56.2 Å². The van der Waals surface area contributed by atoms with Crippen molar-refractivity contribution in [1.82, 2.24) is 19.1 Å². The van der Waals surface area contributed by atoms with E-state index in [1.54, 1.807) is 24.8 Å². The number of nitrogens with zero attached hydrogens (tertiary/aromatic N) is 3. The molecule has 8 nitrogen and oxygen atoms in total. The summed E-state index contributed by atoms with van der Waals surface area (Å²) in [5.41, 5.74) is 0.299. The predicted molar refractivity (Wildman–Crippen MR) is 108 cm³/mol. The number of sulfonamides is 1. The largest absolute Gasteiger partial charge is 0.336 e. The number of aromatic nitrogens is 1. The van der Waals surface area contributed by atoms with E-state index in [1.165, 1.54) is 22.5 Å². The van der Waals surface area contributed by atoms with E-state index in [2.05, 4.69) is 9.88 Å². The molecule has 3 rings (SSSR count). The Morgan fingerprint density at radius 3 is 2.36 bits per heavy atom. The average Bonchev–Trinajstić information content (AvgIpc) is 2.67. The van der Waals surface area contributed by atoms with Gasteiger partial charge < -0.3 is 14.8 Å². The maximum atomic E-state index is 13.1. The van der Waals surface area contributed by atoms with Crippen LogP contribution in [0.4, 0.5) is 0 Å². The summed E-state index contributed by atoms with van der Waals surface area (Å²) in [7, 11) is -1.67. The molecule has 1 aliphatic heterocycles. The molecule has 152 valence electrons. The van der Waals surface area contributed by atoms with Crippen LogP contribution in [0.1, 0.15) is 24.2 Å². The number of nitrogens with one attached hydrogen (secondary N) is 1. The maximum absolute atomic E-state index is 13.1. The number of likely N-dealkylation sites (N-methyl/N-ethyl adjacent to an activating group) is 1. The number of piperazine rings is 1. The quantitative estimate of drug-likeness (QED) is 0.798. The van der Waals surface area contributed by atoms with E-state index in [4.69, 9.17) is 0 Å². The highest BCUT2D eigenvalue weighted by Gasteiger charge is 2.25. The Morgan fingerprint density at radius 1 is 1.11 bits per heavy atom. The molecule has 2 aromatic rings. The van der Waals surface area contributed by atoms with Gasteiger partial charge in [-0.25, -0.2) is 8.42 Å². The zero-order chi connectivity index (χ0) is 20.5. The molecule has 1 N–H and O–H groups in total. The molecule has 1 saturated heterocycles. The molecule has 1 amide bonds. The number of hydrogen-bond acceptors (Lipinski definition) is 5. The molecule has 0 saturated carbocycles. The summed E-state index contributed by atoms with van der Waals surface area (Å²) in [4.78, 5) is 31.8. The van der Waals surface area contributed by atoms with E-state index >= 15 is 0 Å². The van der Waals surface area contributed by atoms with Crippen molar-refractivity contribution in [1.29, 1.82) is 0 Å². The lowest BCUT2D eigenvalue weighted by atomic mass is 10.1. The fourth-order valence-electron chi connectivity index (χ4n) is 3.46. The molecule has 0 aliphatic carbocycles. The normalized spacial score (nSPS) is 16.1. The van der Waals surface area contributed by atoms with Gasteiger partial charge in [-0.1, -0.05) is 13.8 Å². The summed E-state index contributed by atoms with van der Waals surface area (Å²) in [5, 5.41) is 0.441. The third kappa shape index (κ3) is 3.82. The van der Waals surface area contributed by atoms with Crippen molar-refractivity contribution in [3.05, 3.63) is 40.2 Å². The van der Waals surface area contributed by atoms with E-state index < -0.39 is 10.0 Å². The van der Waals surface area contributed by atoms with Gasteiger partial charge in [0.25, 0.3) is 5.91 Å². The summed E-state index contributed by atoms with van der Waals surface area (Å²) in [6.45, 7) is 6.93. The standard InChI is InChI=1S/C19H26N4O4S/c1-4-23(5-2)28(26,27)14-6-7-17-15(12-14)16(13-18(24)20-17)19(25)22-10-8-21(3)9-11-22/h6-7,12-13H,4-5,8-11H2,1-3H3,(H,20,24). The highest BCUT2D eigenvalue weighted by molar-refractivity contribution is 7.89. The molecule has 0 radical (unpaired) electrons. The van der Waals surface area contributed by atoms with Gasteiger partial charge in [0.15, 0.2) is 0 Å². The summed E-state index contributed by atoms with van der Waals surface area (Å²) in [6.07, 6.45) is 0. The molecule has 0 unspecified atom stereocenters. The fourth-order valence-corrected chi connectivity index (χ4v) is 4.95. The number of H-pyrrole nitrogens is 1. The number of rotatable bonds is 5. The molecule has 1 aliphatic rings. The SMILES string of the molecule is CCN(CC)S(=O)(=O)c1ccc2[nH]c(=O)cc(C(=O)N3CCN(C)CC3)c2c1. The van der Waals surface area contributed by atoms with E-state index in [0.717, 1.165) is 13.1 Å². The lowest BCUT2D eigenvalue weighted by Crippen LogP contribution is -2.47. The Bertz CT molecular complexity index is 1040. The van der Waals surface area contributed by atoms with Crippen molar-refractivity contribution in [3.63, 3.8) is 0 Å². The molecule has 9 heteroatoms. The number of pyridine rings is 1. The van der Waals surface area contributed by atoms with Crippen LogP contribution in [-0.2, 0) is 10.0 Å². The molecule has 2 heterocycles. The number of hydrogen-bond donors (Lipinski definition) is 1. The monoisotopic (exact) mass is 406 g/mol. The Morgan fingerprint density at radius 2 is 1.75 bits per heavy atom.